The fourth-order valence-corrected chi connectivity index (χ4v) is 4.29. The zero-order valence-electron chi connectivity index (χ0n) is 13.9. The maximum Gasteiger partial charge on any atom is 0.341 e. The van der Waals surface area contributed by atoms with E-state index in [9.17, 15) is 9.59 Å². The van der Waals surface area contributed by atoms with Crippen LogP contribution in [-0.4, -0.2) is 18.5 Å². The molecule has 1 N–H and O–H groups in total. The van der Waals surface area contributed by atoms with E-state index in [4.69, 9.17) is 9.15 Å². The molecule has 0 aromatic carbocycles. The summed E-state index contributed by atoms with van der Waals surface area (Å²) in [7, 11) is 0. The van der Waals surface area contributed by atoms with E-state index in [0.717, 1.165) is 31.2 Å². The van der Waals surface area contributed by atoms with Gasteiger partial charge in [-0.15, -0.1) is 11.3 Å². The summed E-state index contributed by atoms with van der Waals surface area (Å²) in [6.07, 6.45) is 5.05. The molecule has 0 unspecified atom stereocenters. The molecule has 2 aromatic rings. The number of fused-ring (bicyclic) bond motifs is 1. The van der Waals surface area contributed by atoms with Crippen molar-refractivity contribution < 1.29 is 18.7 Å². The van der Waals surface area contributed by atoms with Crippen molar-refractivity contribution in [3.05, 3.63) is 40.2 Å². The Morgan fingerprint density at radius 1 is 1.46 bits per heavy atom. The molecule has 1 amide bonds. The molecule has 24 heavy (non-hydrogen) atoms. The van der Waals surface area contributed by atoms with E-state index >= 15 is 0 Å². The maximum atomic E-state index is 12.5. The Labute approximate surface area is 145 Å². The van der Waals surface area contributed by atoms with Crippen LogP contribution >= 0.6 is 11.3 Å². The lowest BCUT2D eigenvalue weighted by atomic mass is 9.88. The Kier molecular flexibility index (Phi) is 5.04. The summed E-state index contributed by atoms with van der Waals surface area (Å²) in [5.41, 5.74) is 1.56. The van der Waals surface area contributed by atoms with Gasteiger partial charge in [0.2, 0.25) is 0 Å². The number of thiophene rings is 1. The second-order valence-electron chi connectivity index (χ2n) is 6.12. The van der Waals surface area contributed by atoms with Crippen molar-refractivity contribution in [1.29, 1.82) is 0 Å². The molecule has 6 heteroatoms. The fraction of sp³-hybridized carbons (Fsp3) is 0.444. The molecule has 0 saturated heterocycles. The van der Waals surface area contributed by atoms with Crippen molar-refractivity contribution in [3.63, 3.8) is 0 Å². The Bertz CT molecular complexity index is 733. The molecular weight excluding hydrogens is 326 g/mol. The number of esters is 1. The smallest absolute Gasteiger partial charge is 0.341 e. The molecule has 2 aromatic heterocycles. The van der Waals surface area contributed by atoms with Crippen LogP contribution in [0.4, 0.5) is 5.00 Å². The highest BCUT2D eigenvalue weighted by molar-refractivity contribution is 7.17. The Hall–Kier alpha value is -2.08. The SMILES string of the molecule is CCCOC(=O)c1c(NC(=O)c2ccco2)sc2c1CC[C@@H](C)C2. The number of rotatable bonds is 5. The third-order valence-corrected chi connectivity index (χ3v) is 5.29. The van der Waals surface area contributed by atoms with E-state index in [1.165, 1.54) is 22.5 Å². The van der Waals surface area contributed by atoms with Gasteiger partial charge in [0, 0.05) is 4.88 Å². The number of anilines is 1. The maximum absolute atomic E-state index is 12.5. The zero-order valence-corrected chi connectivity index (χ0v) is 14.7. The Morgan fingerprint density at radius 2 is 2.29 bits per heavy atom. The minimum atomic E-state index is -0.351. The van der Waals surface area contributed by atoms with E-state index in [2.05, 4.69) is 12.2 Å². The molecule has 0 bridgehead atoms. The molecule has 1 aliphatic rings. The van der Waals surface area contributed by atoms with Crippen molar-refractivity contribution in [1.82, 2.24) is 0 Å². The zero-order chi connectivity index (χ0) is 17.1. The molecule has 2 heterocycles. The summed E-state index contributed by atoms with van der Waals surface area (Å²) in [4.78, 5) is 26.0. The first-order valence-corrected chi connectivity index (χ1v) is 9.08. The minimum Gasteiger partial charge on any atom is -0.462 e. The van der Waals surface area contributed by atoms with Gasteiger partial charge in [-0.2, -0.15) is 0 Å². The van der Waals surface area contributed by atoms with E-state index < -0.39 is 0 Å². The van der Waals surface area contributed by atoms with Crippen molar-refractivity contribution >= 4 is 28.2 Å². The highest BCUT2D eigenvalue weighted by atomic mass is 32.1. The number of furan rings is 1. The summed E-state index contributed by atoms with van der Waals surface area (Å²) in [5.74, 6) is 0.113. The van der Waals surface area contributed by atoms with Gasteiger partial charge in [0.1, 0.15) is 5.00 Å². The van der Waals surface area contributed by atoms with Crippen LogP contribution in [0.25, 0.3) is 0 Å². The monoisotopic (exact) mass is 347 g/mol. The molecule has 0 saturated carbocycles. The van der Waals surface area contributed by atoms with Crippen LogP contribution in [0.15, 0.2) is 22.8 Å². The van der Waals surface area contributed by atoms with E-state index in [1.54, 1.807) is 12.1 Å². The molecule has 3 rings (SSSR count). The number of carbonyl (C=O) groups is 2. The summed E-state index contributed by atoms with van der Waals surface area (Å²) >= 11 is 1.48. The molecule has 0 radical (unpaired) electrons. The topological polar surface area (TPSA) is 68.5 Å². The van der Waals surface area contributed by atoms with Gasteiger partial charge in [-0.05, 0) is 49.3 Å². The van der Waals surface area contributed by atoms with Gasteiger partial charge >= 0.3 is 5.97 Å². The van der Waals surface area contributed by atoms with Gasteiger partial charge in [-0.25, -0.2) is 4.79 Å². The predicted molar refractivity (Wildman–Crippen MR) is 92.7 cm³/mol. The highest BCUT2D eigenvalue weighted by Crippen LogP contribution is 2.40. The van der Waals surface area contributed by atoms with Crippen LogP contribution in [0.5, 0.6) is 0 Å². The summed E-state index contributed by atoms with van der Waals surface area (Å²) in [5, 5.41) is 3.39. The van der Waals surface area contributed by atoms with Crippen molar-refractivity contribution in [2.75, 3.05) is 11.9 Å². The fourth-order valence-electron chi connectivity index (χ4n) is 2.89. The molecule has 5 nitrogen and oxygen atoms in total. The molecule has 1 atom stereocenters. The first-order valence-electron chi connectivity index (χ1n) is 8.26. The summed E-state index contributed by atoms with van der Waals surface area (Å²) in [6, 6.07) is 3.26. The molecule has 0 spiro atoms. The molecule has 0 fully saturated rings. The van der Waals surface area contributed by atoms with Crippen molar-refractivity contribution in [2.45, 2.75) is 39.5 Å². The number of amides is 1. The van der Waals surface area contributed by atoms with E-state index in [0.29, 0.717) is 23.1 Å². The van der Waals surface area contributed by atoms with E-state index in [-0.39, 0.29) is 17.6 Å². The van der Waals surface area contributed by atoms with Gasteiger partial charge in [-0.1, -0.05) is 13.8 Å². The van der Waals surface area contributed by atoms with Gasteiger partial charge in [-0.3, -0.25) is 4.79 Å². The standard InChI is InChI=1S/C18H21NO4S/c1-3-8-23-18(21)15-12-7-6-11(2)10-14(12)24-17(15)19-16(20)13-5-4-9-22-13/h4-5,9,11H,3,6-8,10H2,1-2H3,(H,19,20)/t11-/m1/s1. The van der Waals surface area contributed by atoms with Crippen LogP contribution in [-0.2, 0) is 17.6 Å². The predicted octanol–water partition coefficient (Wildman–Crippen LogP) is 4.29. The third-order valence-electron chi connectivity index (χ3n) is 4.13. The number of nitrogens with one attached hydrogen (secondary N) is 1. The van der Waals surface area contributed by atoms with Crippen LogP contribution in [0, 0.1) is 5.92 Å². The second-order valence-corrected chi connectivity index (χ2v) is 7.23. The van der Waals surface area contributed by atoms with E-state index in [1.807, 2.05) is 6.92 Å². The van der Waals surface area contributed by atoms with Gasteiger partial charge < -0.3 is 14.5 Å². The van der Waals surface area contributed by atoms with Gasteiger partial charge in [0.05, 0.1) is 18.4 Å². The molecule has 128 valence electrons. The van der Waals surface area contributed by atoms with Crippen molar-refractivity contribution in [2.24, 2.45) is 5.92 Å². The lowest BCUT2D eigenvalue weighted by molar-refractivity contribution is 0.0505. The van der Waals surface area contributed by atoms with Crippen LogP contribution in [0.3, 0.4) is 0 Å². The third kappa shape index (κ3) is 3.38. The largest absolute Gasteiger partial charge is 0.462 e. The number of hydrogen-bond acceptors (Lipinski definition) is 5. The summed E-state index contributed by atoms with van der Waals surface area (Å²) in [6.45, 7) is 4.54. The number of carbonyl (C=O) groups excluding carboxylic acids is 2. The van der Waals surface area contributed by atoms with Crippen LogP contribution in [0.2, 0.25) is 0 Å². The minimum absolute atomic E-state index is 0.225. The normalized spacial score (nSPS) is 16.5. The quantitative estimate of drug-likeness (QED) is 0.820. The lowest BCUT2D eigenvalue weighted by Crippen LogP contribution is -2.16. The molecule has 0 aliphatic heterocycles. The Morgan fingerprint density at radius 3 is 3.00 bits per heavy atom. The van der Waals surface area contributed by atoms with Crippen molar-refractivity contribution in [3.8, 4) is 0 Å². The highest BCUT2D eigenvalue weighted by Gasteiger charge is 2.29. The summed E-state index contributed by atoms with van der Waals surface area (Å²) < 4.78 is 10.5. The Balaban J connectivity index is 1.92. The average Bonchev–Trinajstić information content (AvgIpc) is 3.19. The first kappa shape index (κ1) is 16.8. The molecular formula is C18H21NO4S. The van der Waals surface area contributed by atoms with Gasteiger partial charge in [0.15, 0.2) is 5.76 Å². The average molecular weight is 347 g/mol. The molecule has 1 aliphatic carbocycles. The van der Waals surface area contributed by atoms with Gasteiger partial charge in [0.25, 0.3) is 5.91 Å². The first-order chi connectivity index (χ1) is 11.6. The number of hydrogen-bond donors (Lipinski definition) is 1. The number of ether oxygens (including phenoxy) is 1. The second kappa shape index (κ2) is 7.21. The van der Waals surface area contributed by atoms with Crippen LogP contribution in [0.1, 0.15) is 58.0 Å². The lowest BCUT2D eigenvalue weighted by Gasteiger charge is -2.18. The van der Waals surface area contributed by atoms with Crippen LogP contribution < -0.4 is 5.32 Å².